The molecular formula is C13H14F3N3. The van der Waals surface area contributed by atoms with E-state index in [-0.39, 0.29) is 6.04 Å². The highest BCUT2D eigenvalue weighted by atomic mass is 19.4. The first-order valence-electron chi connectivity index (χ1n) is 5.79. The van der Waals surface area contributed by atoms with Crippen LogP contribution in [-0.4, -0.2) is 9.78 Å². The fourth-order valence-electron chi connectivity index (χ4n) is 1.92. The minimum absolute atomic E-state index is 0.129. The Bertz CT molecular complexity index is 560. The lowest BCUT2D eigenvalue weighted by atomic mass is 10.1. The van der Waals surface area contributed by atoms with E-state index in [2.05, 4.69) is 10.4 Å². The van der Waals surface area contributed by atoms with Gasteiger partial charge in [0, 0.05) is 18.9 Å². The topological polar surface area (TPSA) is 29.9 Å². The molecule has 0 amide bonds. The standard InChI is InChI=1S/C13H14F3N3/c1-9(12-6-7-17-19(12)2)18-11-5-3-4-10(8-11)13(14,15)16/h3-9,18H,1-2H3. The molecule has 0 fully saturated rings. The third kappa shape index (κ3) is 3.07. The van der Waals surface area contributed by atoms with Gasteiger partial charge >= 0.3 is 6.18 Å². The van der Waals surface area contributed by atoms with E-state index in [0.29, 0.717) is 5.69 Å². The predicted molar refractivity (Wildman–Crippen MR) is 66.7 cm³/mol. The first kappa shape index (κ1) is 13.5. The summed E-state index contributed by atoms with van der Waals surface area (Å²) in [6, 6.07) is 6.86. The molecule has 1 heterocycles. The largest absolute Gasteiger partial charge is 0.416 e. The van der Waals surface area contributed by atoms with E-state index < -0.39 is 11.7 Å². The molecule has 1 unspecified atom stereocenters. The summed E-state index contributed by atoms with van der Waals surface area (Å²) in [5.41, 5.74) is 0.677. The first-order chi connectivity index (χ1) is 8.88. The van der Waals surface area contributed by atoms with Crippen LogP contribution in [0.2, 0.25) is 0 Å². The second kappa shape index (κ2) is 4.95. The number of rotatable bonds is 3. The van der Waals surface area contributed by atoms with Gasteiger partial charge in [0.25, 0.3) is 0 Å². The van der Waals surface area contributed by atoms with Crippen molar-refractivity contribution in [2.45, 2.75) is 19.1 Å². The Kier molecular flexibility index (Phi) is 3.50. The van der Waals surface area contributed by atoms with Crippen molar-refractivity contribution < 1.29 is 13.2 Å². The van der Waals surface area contributed by atoms with Crippen molar-refractivity contribution in [1.82, 2.24) is 9.78 Å². The van der Waals surface area contributed by atoms with Gasteiger partial charge in [-0.25, -0.2) is 0 Å². The molecule has 1 atom stereocenters. The van der Waals surface area contributed by atoms with Crippen molar-refractivity contribution >= 4 is 5.69 Å². The molecule has 3 nitrogen and oxygen atoms in total. The highest BCUT2D eigenvalue weighted by Gasteiger charge is 2.30. The van der Waals surface area contributed by atoms with E-state index in [9.17, 15) is 13.2 Å². The number of hydrogen-bond acceptors (Lipinski definition) is 2. The Balaban J connectivity index is 2.18. The Hall–Kier alpha value is -1.98. The van der Waals surface area contributed by atoms with Gasteiger partial charge in [0.15, 0.2) is 0 Å². The van der Waals surface area contributed by atoms with Crippen LogP contribution in [0.5, 0.6) is 0 Å². The maximum Gasteiger partial charge on any atom is 0.416 e. The summed E-state index contributed by atoms with van der Waals surface area (Å²) in [6.45, 7) is 1.87. The zero-order valence-corrected chi connectivity index (χ0v) is 10.6. The smallest absolute Gasteiger partial charge is 0.377 e. The van der Waals surface area contributed by atoms with Gasteiger partial charge in [0.05, 0.1) is 17.3 Å². The average molecular weight is 269 g/mol. The molecule has 6 heteroatoms. The van der Waals surface area contributed by atoms with Crippen LogP contribution in [0.1, 0.15) is 24.2 Å². The summed E-state index contributed by atoms with van der Waals surface area (Å²) in [5.74, 6) is 0. The van der Waals surface area contributed by atoms with Crippen molar-refractivity contribution in [3.05, 3.63) is 47.8 Å². The van der Waals surface area contributed by atoms with Gasteiger partial charge in [-0.2, -0.15) is 18.3 Å². The number of aromatic nitrogens is 2. The highest BCUT2D eigenvalue weighted by Crippen LogP contribution is 2.31. The lowest BCUT2D eigenvalue weighted by Gasteiger charge is -2.16. The normalized spacial score (nSPS) is 13.3. The van der Waals surface area contributed by atoms with Crippen molar-refractivity contribution in [3.8, 4) is 0 Å². The molecule has 0 radical (unpaired) electrons. The van der Waals surface area contributed by atoms with Crippen LogP contribution in [-0.2, 0) is 13.2 Å². The molecule has 0 saturated carbocycles. The minimum Gasteiger partial charge on any atom is -0.377 e. The molecule has 0 spiro atoms. The number of anilines is 1. The summed E-state index contributed by atoms with van der Waals surface area (Å²) in [4.78, 5) is 0. The molecule has 19 heavy (non-hydrogen) atoms. The summed E-state index contributed by atoms with van der Waals surface area (Å²) >= 11 is 0. The molecule has 102 valence electrons. The van der Waals surface area contributed by atoms with Crippen LogP contribution >= 0.6 is 0 Å². The van der Waals surface area contributed by atoms with E-state index in [0.717, 1.165) is 17.8 Å². The molecule has 0 aliphatic heterocycles. The molecule has 0 saturated heterocycles. The van der Waals surface area contributed by atoms with Crippen LogP contribution in [0.4, 0.5) is 18.9 Å². The molecule has 1 aromatic heterocycles. The number of nitrogens with zero attached hydrogens (tertiary/aromatic N) is 2. The fourth-order valence-corrected chi connectivity index (χ4v) is 1.92. The van der Waals surface area contributed by atoms with Crippen molar-refractivity contribution in [3.63, 3.8) is 0 Å². The summed E-state index contributed by atoms with van der Waals surface area (Å²) in [5, 5.41) is 7.07. The van der Waals surface area contributed by atoms with Crippen molar-refractivity contribution in [2.24, 2.45) is 7.05 Å². The van der Waals surface area contributed by atoms with Gasteiger partial charge in [-0.05, 0) is 31.2 Å². The van der Waals surface area contributed by atoms with Gasteiger partial charge < -0.3 is 5.32 Å². The number of aryl methyl sites for hydroxylation is 1. The number of benzene rings is 1. The predicted octanol–water partition coefficient (Wildman–Crippen LogP) is 3.61. The molecule has 0 bridgehead atoms. The minimum atomic E-state index is -4.33. The van der Waals surface area contributed by atoms with Crippen LogP contribution < -0.4 is 5.32 Å². The Morgan fingerprint density at radius 1 is 1.26 bits per heavy atom. The molecule has 0 aliphatic carbocycles. The van der Waals surface area contributed by atoms with Crippen LogP contribution in [0, 0.1) is 0 Å². The Morgan fingerprint density at radius 3 is 2.58 bits per heavy atom. The van der Waals surface area contributed by atoms with Crippen molar-refractivity contribution in [2.75, 3.05) is 5.32 Å². The lowest BCUT2D eigenvalue weighted by molar-refractivity contribution is -0.137. The fraction of sp³-hybridized carbons (Fsp3) is 0.308. The number of alkyl halides is 3. The van der Waals surface area contributed by atoms with E-state index in [1.165, 1.54) is 6.07 Å². The maximum absolute atomic E-state index is 12.6. The third-order valence-corrected chi connectivity index (χ3v) is 2.88. The molecule has 1 aromatic carbocycles. The van der Waals surface area contributed by atoms with Gasteiger partial charge in [-0.15, -0.1) is 0 Å². The molecule has 0 aliphatic rings. The van der Waals surface area contributed by atoms with Gasteiger partial charge in [0.2, 0.25) is 0 Å². The molecule has 1 N–H and O–H groups in total. The third-order valence-electron chi connectivity index (χ3n) is 2.88. The zero-order valence-electron chi connectivity index (χ0n) is 10.6. The van der Waals surface area contributed by atoms with Crippen molar-refractivity contribution in [1.29, 1.82) is 0 Å². The maximum atomic E-state index is 12.6. The van der Waals surface area contributed by atoms with Crippen LogP contribution in [0.3, 0.4) is 0 Å². The lowest BCUT2D eigenvalue weighted by Crippen LogP contribution is -2.12. The molecular weight excluding hydrogens is 255 g/mol. The number of halogens is 3. The first-order valence-corrected chi connectivity index (χ1v) is 5.79. The quantitative estimate of drug-likeness (QED) is 0.922. The number of nitrogens with one attached hydrogen (secondary N) is 1. The summed E-state index contributed by atoms with van der Waals surface area (Å²) in [6.07, 6.45) is -2.67. The molecule has 2 rings (SSSR count). The zero-order chi connectivity index (χ0) is 14.0. The van der Waals surface area contributed by atoms with Crippen LogP contribution in [0.15, 0.2) is 36.5 Å². The Morgan fingerprint density at radius 2 is 2.00 bits per heavy atom. The second-order valence-corrected chi connectivity index (χ2v) is 4.32. The Labute approximate surface area is 109 Å². The SMILES string of the molecule is CC(Nc1cccc(C(F)(F)F)c1)c1ccnn1C. The van der Waals surface area contributed by atoms with Gasteiger partial charge in [0.1, 0.15) is 0 Å². The number of hydrogen-bond donors (Lipinski definition) is 1. The van der Waals surface area contributed by atoms with E-state index in [1.807, 2.05) is 13.0 Å². The van der Waals surface area contributed by atoms with Crippen LogP contribution in [0.25, 0.3) is 0 Å². The summed E-state index contributed by atoms with van der Waals surface area (Å²) in [7, 11) is 1.79. The summed E-state index contributed by atoms with van der Waals surface area (Å²) < 4.78 is 39.5. The highest BCUT2D eigenvalue weighted by molar-refractivity contribution is 5.47. The van der Waals surface area contributed by atoms with Gasteiger partial charge in [-0.1, -0.05) is 6.07 Å². The molecule has 2 aromatic rings. The average Bonchev–Trinajstić information content (AvgIpc) is 2.75. The van der Waals surface area contributed by atoms with E-state index in [1.54, 1.807) is 24.0 Å². The van der Waals surface area contributed by atoms with E-state index in [4.69, 9.17) is 0 Å². The van der Waals surface area contributed by atoms with Gasteiger partial charge in [-0.3, -0.25) is 4.68 Å². The monoisotopic (exact) mass is 269 g/mol. The second-order valence-electron chi connectivity index (χ2n) is 4.32. The van der Waals surface area contributed by atoms with E-state index >= 15 is 0 Å².